The van der Waals surface area contributed by atoms with Crippen LogP contribution in [0.3, 0.4) is 0 Å². The van der Waals surface area contributed by atoms with Crippen LogP contribution in [0.15, 0.2) is 30.3 Å². The summed E-state index contributed by atoms with van der Waals surface area (Å²) in [7, 11) is 0. The van der Waals surface area contributed by atoms with Gasteiger partial charge >= 0.3 is 0 Å². The average molecular weight is 331 g/mol. The predicted molar refractivity (Wildman–Crippen MR) is 91.8 cm³/mol. The number of carbonyl (C=O) groups is 2. The third-order valence-electron chi connectivity index (χ3n) is 4.86. The van der Waals surface area contributed by atoms with Crippen LogP contribution in [0.5, 0.6) is 0 Å². The Bertz CT molecular complexity index is 599. The summed E-state index contributed by atoms with van der Waals surface area (Å²) in [6.45, 7) is 7.60. The summed E-state index contributed by atoms with van der Waals surface area (Å²) in [5.41, 5.74) is 0.256. The zero-order valence-electron chi connectivity index (χ0n) is 14.4. The van der Waals surface area contributed by atoms with E-state index in [-0.39, 0.29) is 11.8 Å². The number of benzene rings is 1. The quantitative estimate of drug-likeness (QED) is 0.810. The lowest BCUT2D eigenvalue weighted by Crippen LogP contribution is -2.62. The number of amides is 2. The van der Waals surface area contributed by atoms with E-state index in [2.05, 4.69) is 17.0 Å². The van der Waals surface area contributed by atoms with Crippen molar-refractivity contribution in [3.63, 3.8) is 0 Å². The van der Waals surface area contributed by atoms with Gasteiger partial charge in [-0.1, -0.05) is 18.2 Å². The Kier molecular flexibility index (Phi) is 4.76. The molecule has 0 radical (unpaired) electrons. The van der Waals surface area contributed by atoms with Gasteiger partial charge in [0.25, 0.3) is 5.91 Å². The van der Waals surface area contributed by atoms with Crippen molar-refractivity contribution in [3.8, 4) is 0 Å². The molecule has 1 aromatic rings. The maximum absolute atomic E-state index is 12.9. The number of rotatable bonds is 2. The van der Waals surface area contributed by atoms with Crippen molar-refractivity contribution >= 4 is 17.5 Å². The van der Waals surface area contributed by atoms with Gasteiger partial charge in [0.15, 0.2) is 5.60 Å². The van der Waals surface area contributed by atoms with E-state index in [0.29, 0.717) is 32.8 Å². The standard InChI is InChI=1S/C18H25N3O3/c1-15(22)21-12-13-24-18(2,14-21)17(23)20-10-8-19(9-11-20)16-6-4-3-5-7-16/h3-7H,8-14H2,1-2H3/t18-/m0/s1. The molecule has 0 aromatic heterocycles. The molecule has 2 saturated heterocycles. The van der Waals surface area contributed by atoms with Crippen LogP contribution >= 0.6 is 0 Å². The summed E-state index contributed by atoms with van der Waals surface area (Å²) in [5.74, 6) is -0.0209. The third-order valence-corrected chi connectivity index (χ3v) is 4.86. The number of morpholine rings is 1. The van der Waals surface area contributed by atoms with Gasteiger partial charge in [-0.05, 0) is 19.1 Å². The molecule has 0 bridgehead atoms. The topological polar surface area (TPSA) is 53.1 Å². The highest BCUT2D eigenvalue weighted by Crippen LogP contribution is 2.23. The van der Waals surface area contributed by atoms with Gasteiger partial charge in [0, 0.05) is 45.3 Å². The van der Waals surface area contributed by atoms with Crippen LogP contribution in [0.25, 0.3) is 0 Å². The van der Waals surface area contributed by atoms with Gasteiger partial charge in [0.05, 0.1) is 13.2 Å². The highest BCUT2D eigenvalue weighted by molar-refractivity contribution is 5.86. The van der Waals surface area contributed by atoms with Crippen LogP contribution in [0.2, 0.25) is 0 Å². The Labute approximate surface area is 143 Å². The number of carbonyl (C=O) groups excluding carboxylic acids is 2. The summed E-state index contributed by atoms with van der Waals surface area (Å²) in [4.78, 5) is 30.4. The predicted octanol–water partition coefficient (Wildman–Crippen LogP) is 0.973. The second-order valence-corrected chi connectivity index (χ2v) is 6.63. The largest absolute Gasteiger partial charge is 0.368 e. The Morgan fingerprint density at radius 1 is 1.00 bits per heavy atom. The molecule has 2 aliphatic rings. The van der Waals surface area contributed by atoms with Crippen LogP contribution in [-0.4, -0.2) is 73.1 Å². The zero-order valence-corrected chi connectivity index (χ0v) is 14.4. The first-order valence-electron chi connectivity index (χ1n) is 8.48. The Morgan fingerprint density at radius 3 is 2.29 bits per heavy atom. The molecule has 0 spiro atoms. The lowest BCUT2D eigenvalue weighted by atomic mass is 10.0. The minimum Gasteiger partial charge on any atom is -0.368 e. The van der Waals surface area contributed by atoms with Crippen LogP contribution in [-0.2, 0) is 14.3 Å². The molecule has 0 saturated carbocycles. The normalized spacial score (nSPS) is 24.8. The molecular weight excluding hydrogens is 306 g/mol. The molecule has 1 aromatic carbocycles. The smallest absolute Gasteiger partial charge is 0.256 e. The number of piperazine rings is 1. The third kappa shape index (κ3) is 3.38. The summed E-state index contributed by atoms with van der Waals surface area (Å²) in [6, 6.07) is 10.2. The molecule has 6 heteroatoms. The molecule has 2 fully saturated rings. The fraction of sp³-hybridized carbons (Fsp3) is 0.556. The van der Waals surface area contributed by atoms with Crippen molar-refractivity contribution in [2.45, 2.75) is 19.4 Å². The van der Waals surface area contributed by atoms with E-state index >= 15 is 0 Å². The number of anilines is 1. The Balaban J connectivity index is 1.61. The molecule has 0 N–H and O–H groups in total. The summed E-state index contributed by atoms with van der Waals surface area (Å²) < 4.78 is 5.77. The van der Waals surface area contributed by atoms with E-state index in [1.165, 1.54) is 12.6 Å². The maximum atomic E-state index is 12.9. The Hall–Kier alpha value is -2.08. The fourth-order valence-electron chi connectivity index (χ4n) is 3.41. The molecule has 2 amide bonds. The number of hydrogen-bond acceptors (Lipinski definition) is 4. The summed E-state index contributed by atoms with van der Waals surface area (Å²) in [5, 5.41) is 0. The first kappa shape index (κ1) is 16.8. The highest BCUT2D eigenvalue weighted by Gasteiger charge is 2.43. The summed E-state index contributed by atoms with van der Waals surface area (Å²) in [6.07, 6.45) is 0. The Morgan fingerprint density at radius 2 is 1.67 bits per heavy atom. The van der Waals surface area contributed by atoms with Crippen molar-refractivity contribution in [2.75, 3.05) is 50.8 Å². The van der Waals surface area contributed by atoms with Crippen molar-refractivity contribution in [1.82, 2.24) is 9.80 Å². The van der Waals surface area contributed by atoms with E-state index < -0.39 is 5.60 Å². The van der Waals surface area contributed by atoms with Crippen molar-refractivity contribution < 1.29 is 14.3 Å². The van der Waals surface area contributed by atoms with Crippen LogP contribution < -0.4 is 4.90 Å². The van der Waals surface area contributed by atoms with Crippen molar-refractivity contribution in [1.29, 1.82) is 0 Å². The molecule has 130 valence electrons. The highest BCUT2D eigenvalue weighted by atomic mass is 16.5. The number of nitrogens with zero attached hydrogens (tertiary/aromatic N) is 3. The van der Waals surface area contributed by atoms with Gasteiger partial charge in [0.2, 0.25) is 5.91 Å². The molecule has 24 heavy (non-hydrogen) atoms. The molecular formula is C18H25N3O3. The van der Waals surface area contributed by atoms with E-state index in [1.54, 1.807) is 11.8 Å². The number of ether oxygens (including phenoxy) is 1. The zero-order chi connectivity index (χ0) is 17.2. The van der Waals surface area contributed by atoms with Crippen LogP contribution in [0, 0.1) is 0 Å². The molecule has 3 rings (SSSR count). The first-order chi connectivity index (χ1) is 11.5. The minimum atomic E-state index is -0.932. The van der Waals surface area contributed by atoms with Gasteiger partial charge in [-0.15, -0.1) is 0 Å². The van der Waals surface area contributed by atoms with Gasteiger partial charge in [0.1, 0.15) is 0 Å². The number of hydrogen-bond donors (Lipinski definition) is 0. The van der Waals surface area contributed by atoms with Gasteiger partial charge in [-0.25, -0.2) is 0 Å². The van der Waals surface area contributed by atoms with E-state index in [1.807, 2.05) is 23.1 Å². The molecule has 0 aliphatic carbocycles. The minimum absolute atomic E-state index is 0.00813. The number of para-hydroxylation sites is 1. The second-order valence-electron chi connectivity index (χ2n) is 6.63. The van der Waals surface area contributed by atoms with Gasteiger partial charge in [-0.2, -0.15) is 0 Å². The maximum Gasteiger partial charge on any atom is 0.256 e. The average Bonchev–Trinajstić information content (AvgIpc) is 2.62. The van der Waals surface area contributed by atoms with Gasteiger partial charge in [-0.3, -0.25) is 9.59 Å². The first-order valence-corrected chi connectivity index (χ1v) is 8.48. The molecule has 6 nitrogen and oxygen atoms in total. The summed E-state index contributed by atoms with van der Waals surface area (Å²) >= 11 is 0. The molecule has 1 atom stereocenters. The van der Waals surface area contributed by atoms with E-state index in [0.717, 1.165) is 13.1 Å². The van der Waals surface area contributed by atoms with Gasteiger partial charge < -0.3 is 19.4 Å². The lowest BCUT2D eigenvalue weighted by molar-refractivity contribution is -0.171. The van der Waals surface area contributed by atoms with Crippen molar-refractivity contribution in [2.24, 2.45) is 0 Å². The van der Waals surface area contributed by atoms with Crippen LogP contribution in [0.4, 0.5) is 5.69 Å². The monoisotopic (exact) mass is 331 g/mol. The van der Waals surface area contributed by atoms with E-state index in [4.69, 9.17) is 4.74 Å². The molecule has 2 aliphatic heterocycles. The molecule has 0 unspecified atom stereocenters. The van der Waals surface area contributed by atoms with Crippen molar-refractivity contribution in [3.05, 3.63) is 30.3 Å². The second kappa shape index (κ2) is 6.81. The lowest BCUT2D eigenvalue weighted by Gasteiger charge is -2.44. The molecule has 2 heterocycles. The van der Waals surface area contributed by atoms with E-state index in [9.17, 15) is 9.59 Å². The fourth-order valence-corrected chi connectivity index (χ4v) is 3.41. The SMILES string of the molecule is CC(=O)N1CCO[C@](C)(C(=O)N2CCN(c3ccccc3)CC2)C1. The van der Waals surface area contributed by atoms with Crippen LogP contribution in [0.1, 0.15) is 13.8 Å².